The zero-order valence-corrected chi connectivity index (χ0v) is 13.1. The molecule has 10 heteroatoms. The summed E-state index contributed by atoms with van der Waals surface area (Å²) in [7, 11) is 0. The molecule has 2 amide bonds. The predicted octanol–water partition coefficient (Wildman–Crippen LogP) is 2.84. The molecule has 1 atom stereocenters. The summed E-state index contributed by atoms with van der Waals surface area (Å²) in [6.45, 7) is 0.0198. The van der Waals surface area contributed by atoms with Gasteiger partial charge in [-0.05, 0) is 22.0 Å². The van der Waals surface area contributed by atoms with Crippen LogP contribution in [0.3, 0.4) is 0 Å². The van der Waals surface area contributed by atoms with E-state index in [2.05, 4.69) is 20.7 Å². The van der Waals surface area contributed by atoms with Crippen LogP contribution in [-0.2, 0) is 9.59 Å². The molecule has 1 aromatic carbocycles. The highest BCUT2D eigenvalue weighted by molar-refractivity contribution is 9.10. The van der Waals surface area contributed by atoms with E-state index >= 15 is 0 Å². The highest BCUT2D eigenvalue weighted by Crippen LogP contribution is 2.41. The van der Waals surface area contributed by atoms with E-state index in [9.17, 15) is 22.8 Å². The van der Waals surface area contributed by atoms with E-state index in [1.54, 1.807) is 0 Å². The maximum absolute atomic E-state index is 12.2. The second-order valence-electron chi connectivity index (χ2n) is 4.59. The summed E-state index contributed by atoms with van der Waals surface area (Å²) < 4.78 is 40.5. The smallest absolute Gasteiger partial charge is 0.406 e. The number of ether oxygens (including phenoxy) is 1. The molecule has 1 fully saturated rings. The molecule has 0 bridgehead atoms. The molecule has 0 saturated carbocycles. The van der Waals surface area contributed by atoms with E-state index < -0.39 is 29.8 Å². The third-order valence-corrected chi connectivity index (χ3v) is 3.91. The lowest BCUT2D eigenvalue weighted by Gasteiger charge is -2.20. The van der Waals surface area contributed by atoms with E-state index in [1.807, 2.05) is 0 Å². The summed E-state index contributed by atoms with van der Waals surface area (Å²) in [5.41, 5.74) is 5.33. The van der Waals surface area contributed by atoms with Crippen LogP contribution in [0.1, 0.15) is 6.42 Å². The quantitative estimate of drug-likeness (QED) is 0.846. The van der Waals surface area contributed by atoms with Gasteiger partial charge in [-0.1, -0.05) is 11.6 Å². The number of nitrogens with zero attached hydrogens (tertiary/aromatic N) is 1. The molecule has 120 valence electrons. The second kappa shape index (κ2) is 5.96. The minimum absolute atomic E-state index is 0.0198. The number of carbonyl (C=O) groups excluding carboxylic acids is 2. The van der Waals surface area contributed by atoms with Gasteiger partial charge in [-0.3, -0.25) is 9.59 Å². The number of carbonyl (C=O) groups is 2. The molecule has 1 unspecified atom stereocenters. The summed E-state index contributed by atoms with van der Waals surface area (Å²) in [6.07, 6.45) is -4.93. The number of halogens is 5. The molecule has 1 aliphatic heterocycles. The van der Waals surface area contributed by atoms with E-state index in [1.165, 1.54) is 4.90 Å². The van der Waals surface area contributed by atoms with Crippen molar-refractivity contribution in [3.8, 4) is 5.75 Å². The van der Waals surface area contributed by atoms with Crippen LogP contribution >= 0.6 is 27.5 Å². The highest BCUT2D eigenvalue weighted by atomic mass is 79.9. The zero-order chi connectivity index (χ0) is 16.7. The monoisotopic (exact) mass is 400 g/mol. The Balaban J connectivity index is 2.33. The second-order valence-corrected chi connectivity index (χ2v) is 5.85. The predicted molar refractivity (Wildman–Crippen MR) is 75.5 cm³/mol. The van der Waals surface area contributed by atoms with Gasteiger partial charge in [0.05, 0.1) is 16.6 Å². The third-order valence-electron chi connectivity index (χ3n) is 3.02. The van der Waals surface area contributed by atoms with E-state index in [4.69, 9.17) is 17.3 Å². The Bertz CT molecular complexity index is 616. The summed E-state index contributed by atoms with van der Waals surface area (Å²) in [6, 6.07) is 1.99. The number of anilines is 1. The summed E-state index contributed by atoms with van der Waals surface area (Å²) >= 11 is 9.01. The first-order valence-electron chi connectivity index (χ1n) is 5.93. The molecule has 1 heterocycles. The number of alkyl halides is 3. The standard InChI is InChI=1S/C12H9BrClF3N2O3/c13-7-2-6(22-12(15,16)17)3-8(14)10(7)19-4-5(11(18)21)1-9(19)20/h2-3,5H,1,4H2,(H2,18,21). The van der Waals surface area contributed by atoms with E-state index in [0.29, 0.717) is 0 Å². The Labute approximate surface area is 136 Å². The molecule has 0 aromatic heterocycles. The average molecular weight is 402 g/mol. The van der Waals surface area contributed by atoms with Gasteiger partial charge in [-0.15, -0.1) is 13.2 Å². The van der Waals surface area contributed by atoms with Crippen molar-refractivity contribution < 1.29 is 27.5 Å². The number of hydrogen-bond acceptors (Lipinski definition) is 3. The van der Waals surface area contributed by atoms with Gasteiger partial charge in [-0.25, -0.2) is 0 Å². The van der Waals surface area contributed by atoms with Crippen molar-refractivity contribution in [2.75, 3.05) is 11.4 Å². The van der Waals surface area contributed by atoms with E-state index in [-0.39, 0.29) is 28.1 Å². The maximum Gasteiger partial charge on any atom is 0.573 e. The van der Waals surface area contributed by atoms with E-state index in [0.717, 1.165) is 12.1 Å². The molecule has 1 aromatic rings. The molecular weight excluding hydrogens is 392 g/mol. The molecule has 0 radical (unpaired) electrons. The maximum atomic E-state index is 12.2. The third kappa shape index (κ3) is 3.64. The Morgan fingerprint density at radius 1 is 1.45 bits per heavy atom. The number of amides is 2. The first kappa shape index (κ1) is 16.9. The van der Waals surface area contributed by atoms with Crippen LogP contribution in [0.25, 0.3) is 0 Å². The molecular formula is C12H9BrClF3N2O3. The van der Waals surface area contributed by atoms with Crippen molar-refractivity contribution in [3.05, 3.63) is 21.6 Å². The van der Waals surface area contributed by atoms with Crippen molar-refractivity contribution in [1.29, 1.82) is 0 Å². The summed E-state index contributed by atoms with van der Waals surface area (Å²) in [5.74, 6) is -2.20. The molecule has 0 aliphatic carbocycles. The van der Waals surface area contributed by atoms with Crippen molar-refractivity contribution >= 4 is 45.0 Å². The van der Waals surface area contributed by atoms with Gasteiger partial charge in [0.2, 0.25) is 11.8 Å². The first-order chi connectivity index (χ1) is 10.1. The molecule has 0 spiro atoms. The van der Waals surface area contributed by atoms with Crippen LogP contribution in [0.5, 0.6) is 5.75 Å². The fraction of sp³-hybridized carbons (Fsp3) is 0.333. The minimum atomic E-state index is -4.86. The number of primary amides is 1. The Morgan fingerprint density at radius 2 is 2.09 bits per heavy atom. The number of benzene rings is 1. The van der Waals surface area contributed by atoms with Crippen LogP contribution in [0.2, 0.25) is 5.02 Å². The number of nitrogens with two attached hydrogens (primary N) is 1. The Kier molecular flexibility index (Phi) is 4.57. The average Bonchev–Trinajstić information content (AvgIpc) is 2.68. The SMILES string of the molecule is NC(=O)C1CC(=O)N(c2c(Cl)cc(OC(F)(F)F)cc2Br)C1. The minimum Gasteiger partial charge on any atom is -0.406 e. The van der Waals surface area contributed by atoms with Gasteiger partial charge in [-0.2, -0.15) is 0 Å². The van der Waals surface area contributed by atoms with Gasteiger partial charge < -0.3 is 15.4 Å². The first-order valence-corrected chi connectivity index (χ1v) is 7.10. The van der Waals surface area contributed by atoms with Crippen molar-refractivity contribution in [2.45, 2.75) is 12.8 Å². The Morgan fingerprint density at radius 3 is 2.55 bits per heavy atom. The van der Waals surface area contributed by atoms with Gasteiger partial charge in [0, 0.05) is 23.5 Å². The highest BCUT2D eigenvalue weighted by Gasteiger charge is 2.36. The van der Waals surface area contributed by atoms with Gasteiger partial charge in [0.15, 0.2) is 0 Å². The van der Waals surface area contributed by atoms with Crippen molar-refractivity contribution in [3.63, 3.8) is 0 Å². The van der Waals surface area contributed by atoms with Crippen molar-refractivity contribution in [2.24, 2.45) is 11.7 Å². The fourth-order valence-corrected chi connectivity index (χ4v) is 3.19. The molecule has 22 heavy (non-hydrogen) atoms. The molecule has 2 N–H and O–H groups in total. The van der Waals surface area contributed by atoms with Crippen LogP contribution < -0.4 is 15.4 Å². The summed E-state index contributed by atoms with van der Waals surface area (Å²) in [5, 5.41) is -0.118. The largest absolute Gasteiger partial charge is 0.573 e. The van der Waals surface area contributed by atoms with Gasteiger partial charge in [0.1, 0.15) is 5.75 Å². The normalized spacial score (nSPS) is 18.7. The van der Waals surface area contributed by atoms with Crippen LogP contribution in [-0.4, -0.2) is 24.7 Å². The van der Waals surface area contributed by atoms with Gasteiger partial charge in [0.25, 0.3) is 0 Å². The van der Waals surface area contributed by atoms with Crippen molar-refractivity contribution in [1.82, 2.24) is 0 Å². The van der Waals surface area contributed by atoms with Gasteiger partial charge >= 0.3 is 6.36 Å². The molecule has 2 rings (SSSR count). The fourth-order valence-electron chi connectivity index (χ4n) is 2.11. The molecule has 5 nitrogen and oxygen atoms in total. The summed E-state index contributed by atoms with van der Waals surface area (Å²) in [4.78, 5) is 24.3. The Hall–Kier alpha value is -1.48. The van der Waals surface area contributed by atoms with Crippen LogP contribution in [0, 0.1) is 5.92 Å². The molecule has 1 saturated heterocycles. The zero-order valence-electron chi connectivity index (χ0n) is 10.8. The topological polar surface area (TPSA) is 72.6 Å². The van der Waals surface area contributed by atoms with Crippen LogP contribution in [0.15, 0.2) is 16.6 Å². The lowest BCUT2D eigenvalue weighted by molar-refractivity contribution is -0.274. The lowest BCUT2D eigenvalue weighted by Crippen LogP contribution is -2.29. The number of rotatable bonds is 3. The molecule has 1 aliphatic rings. The van der Waals surface area contributed by atoms with Crippen LogP contribution in [0.4, 0.5) is 18.9 Å². The lowest BCUT2D eigenvalue weighted by atomic mass is 10.1. The number of hydrogen-bond donors (Lipinski definition) is 1.